The van der Waals surface area contributed by atoms with E-state index in [-0.39, 0.29) is 30.1 Å². The average Bonchev–Trinajstić information content (AvgIpc) is 3.23. The Kier molecular flexibility index (Phi) is 6.11. The fraction of sp³-hybridized carbons (Fsp3) is 0.261. The summed E-state index contributed by atoms with van der Waals surface area (Å²) in [5.74, 6) is -0.388. The lowest BCUT2D eigenvalue weighted by Gasteiger charge is -2.27. The molecule has 1 aliphatic heterocycles. The number of hydrogen-bond donors (Lipinski definition) is 2. The first kappa shape index (κ1) is 21.1. The molecule has 1 aromatic carbocycles. The standard InChI is InChI=1S/C23H23FN4O2S/c1-28-13-17(29)11-19-22(28)18(7-8-26-19)20-5-6-21(31-20)23(30)27-16(12-25)10-14-3-2-4-15(24)9-14/h2-9,16H,10-13,25H2,1H3,(H,27,30)/t16-/m0/s1. The molecule has 4 rings (SSSR count). The minimum Gasteiger partial charge on any atom is -0.365 e. The second-order valence-corrected chi connectivity index (χ2v) is 8.71. The molecule has 8 heteroatoms. The predicted molar refractivity (Wildman–Crippen MR) is 120 cm³/mol. The summed E-state index contributed by atoms with van der Waals surface area (Å²) in [5.41, 5.74) is 9.27. The highest BCUT2D eigenvalue weighted by molar-refractivity contribution is 7.17. The second kappa shape index (κ2) is 8.95. The van der Waals surface area contributed by atoms with Gasteiger partial charge in [-0.1, -0.05) is 12.1 Å². The minimum absolute atomic E-state index is 0.136. The molecule has 6 nitrogen and oxygen atoms in total. The molecule has 0 unspecified atom stereocenters. The molecule has 1 aliphatic rings. The highest BCUT2D eigenvalue weighted by atomic mass is 32.1. The summed E-state index contributed by atoms with van der Waals surface area (Å²) in [4.78, 5) is 32.5. The molecular formula is C23H23FN4O2S. The number of pyridine rings is 1. The van der Waals surface area contributed by atoms with Crippen LogP contribution in [0.15, 0.2) is 48.7 Å². The molecule has 1 atom stereocenters. The van der Waals surface area contributed by atoms with Crippen LogP contribution in [0, 0.1) is 5.82 Å². The SMILES string of the molecule is CN1CC(=O)Cc2nccc(-c3ccc(C(=O)N[C@H](CN)Cc4cccc(F)c4)s3)c21. The van der Waals surface area contributed by atoms with Crippen molar-refractivity contribution < 1.29 is 14.0 Å². The van der Waals surface area contributed by atoms with Crippen molar-refractivity contribution in [2.45, 2.75) is 18.9 Å². The number of nitrogens with two attached hydrogens (primary N) is 1. The summed E-state index contributed by atoms with van der Waals surface area (Å²) < 4.78 is 13.4. The number of halogens is 1. The van der Waals surface area contributed by atoms with E-state index in [9.17, 15) is 14.0 Å². The molecule has 31 heavy (non-hydrogen) atoms. The van der Waals surface area contributed by atoms with Crippen molar-refractivity contribution in [1.29, 1.82) is 0 Å². The largest absolute Gasteiger partial charge is 0.365 e. The lowest BCUT2D eigenvalue weighted by Crippen LogP contribution is -2.41. The maximum absolute atomic E-state index is 13.4. The Morgan fingerprint density at radius 2 is 2.16 bits per heavy atom. The van der Waals surface area contributed by atoms with Gasteiger partial charge in [0.05, 0.1) is 29.2 Å². The molecule has 2 aromatic heterocycles. The molecule has 3 aromatic rings. The number of likely N-dealkylation sites (N-methyl/N-ethyl adjacent to an activating group) is 1. The maximum Gasteiger partial charge on any atom is 0.261 e. The summed E-state index contributed by atoms with van der Waals surface area (Å²) in [5, 5.41) is 2.95. The Hall–Kier alpha value is -3.10. The molecule has 160 valence electrons. The number of amides is 1. The van der Waals surface area contributed by atoms with E-state index < -0.39 is 0 Å². The van der Waals surface area contributed by atoms with Crippen LogP contribution in [-0.2, 0) is 17.6 Å². The zero-order valence-corrected chi connectivity index (χ0v) is 17.9. The van der Waals surface area contributed by atoms with Gasteiger partial charge in [-0.25, -0.2) is 4.39 Å². The fourth-order valence-corrected chi connectivity index (χ4v) is 4.78. The molecule has 0 saturated heterocycles. The topological polar surface area (TPSA) is 88.3 Å². The van der Waals surface area contributed by atoms with E-state index in [0.29, 0.717) is 24.3 Å². The molecule has 0 spiro atoms. The third-order valence-electron chi connectivity index (χ3n) is 5.25. The number of aromatic nitrogens is 1. The lowest BCUT2D eigenvalue weighted by atomic mass is 10.0. The number of anilines is 1. The van der Waals surface area contributed by atoms with E-state index in [1.54, 1.807) is 18.3 Å². The highest BCUT2D eigenvalue weighted by Crippen LogP contribution is 2.38. The Labute approximate surface area is 183 Å². The van der Waals surface area contributed by atoms with Crippen LogP contribution in [0.1, 0.15) is 20.9 Å². The lowest BCUT2D eigenvalue weighted by molar-refractivity contribution is -0.117. The van der Waals surface area contributed by atoms with Gasteiger partial charge in [-0.05, 0) is 42.3 Å². The maximum atomic E-state index is 13.4. The third kappa shape index (κ3) is 4.65. The number of rotatable bonds is 6. The van der Waals surface area contributed by atoms with Crippen molar-refractivity contribution in [2.75, 3.05) is 25.0 Å². The number of carbonyl (C=O) groups excluding carboxylic acids is 2. The van der Waals surface area contributed by atoms with Gasteiger partial charge in [0.2, 0.25) is 0 Å². The van der Waals surface area contributed by atoms with Crippen LogP contribution >= 0.6 is 11.3 Å². The predicted octanol–water partition coefficient (Wildman–Crippen LogP) is 2.81. The third-order valence-corrected chi connectivity index (χ3v) is 6.36. The monoisotopic (exact) mass is 438 g/mol. The number of nitrogens with one attached hydrogen (secondary N) is 1. The summed E-state index contributed by atoms with van der Waals surface area (Å²) in [6.45, 7) is 0.597. The molecule has 0 radical (unpaired) electrons. The van der Waals surface area contributed by atoms with Crippen LogP contribution < -0.4 is 16.0 Å². The van der Waals surface area contributed by atoms with Crippen LogP contribution in [0.2, 0.25) is 0 Å². The number of Topliss-reactive ketones (excluding diaryl/α,β-unsaturated/α-hetero) is 1. The van der Waals surface area contributed by atoms with Crippen molar-refractivity contribution in [3.8, 4) is 10.4 Å². The van der Waals surface area contributed by atoms with Gasteiger partial charge in [0.1, 0.15) is 5.82 Å². The van der Waals surface area contributed by atoms with Crippen LogP contribution in [0.4, 0.5) is 10.1 Å². The van der Waals surface area contributed by atoms with Crippen molar-refractivity contribution in [3.05, 3.63) is 70.6 Å². The molecule has 3 heterocycles. The van der Waals surface area contributed by atoms with Crippen molar-refractivity contribution >= 4 is 28.7 Å². The zero-order valence-electron chi connectivity index (χ0n) is 17.1. The van der Waals surface area contributed by atoms with Crippen LogP contribution in [0.25, 0.3) is 10.4 Å². The number of thiophene rings is 1. The molecular weight excluding hydrogens is 415 g/mol. The number of benzene rings is 1. The first-order valence-corrected chi connectivity index (χ1v) is 10.8. The van der Waals surface area contributed by atoms with Gasteiger partial charge in [0.25, 0.3) is 5.91 Å². The fourth-order valence-electron chi connectivity index (χ4n) is 3.84. The molecule has 1 amide bonds. The van der Waals surface area contributed by atoms with Gasteiger partial charge in [-0.2, -0.15) is 0 Å². The van der Waals surface area contributed by atoms with Crippen LogP contribution in [0.5, 0.6) is 0 Å². The summed E-state index contributed by atoms with van der Waals surface area (Å²) in [7, 11) is 1.88. The van der Waals surface area contributed by atoms with E-state index in [1.165, 1.54) is 23.5 Å². The van der Waals surface area contributed by atoms with Gasteiger partial charge in [-0.3, -0.25) is 14.6 Å². The second-order valence-electron chi connectivity index (χ2n) is 7.63. The van der Waals surface area contributed by atoms with E-state index >= 15 is 0 Å². The zero-order chi connectivity index (χ0) is 22.0. The van der Waals surface area contributed by atoms with Crippen molar-refractivity contribution in [3.63, 3.8) is 0 Å². The molecule has 0 saturated carbocycles. The first-order valence-electron chi connectivity index (χ1n) is 10.0. The Morgan fingerprint density at radius 1 is 1.32 bits per heavy atom. The van der Waals surface area contributed by atoms with Gasteiger partial charge >= 0.3 is 0 Å². The number of ketones is 1. The molecule has 0 bridgehead atoms. The highest BCUT2D eigenvalue weighted by Gasteiger charge is 2.25. The van der Waals surface area contributed by atoms with Crippen molar-refractivity contribution in [2.24, 2.45) is 5.73 Å². The van der Waals surface area contributed by atoms with E-state index in [4.69, 9.17) is 5.73 Å². The van der Waals surface area contributed by atoms with E-state index in [2.05, 4.69) is 10.3 Å². The van der Waals surface area contributed by atoms with Crippen LogP contribution in [0.3, 0.4) is 0 Å². The summed E-state index contributed by atoms with van der Waals surface area (Å²) in [6.07, 6.45) is 2.48. The molecule has 0 aliphatic carbocycles. The number of carbonyl (C=O) groups is 2. The number of hydrogen-bond acceptors (Lipinski definition) is 6. The van der Waals surface area contributed by atoms with E-state index in [1.807, 2.05) is 30.1 Å². The Balaban J connectivity index is 1.52. The quantitative estimate of drug-likeness (QED) is 0.618. The van der Waals surface area contributed by atoms with Crippen LogP contribution in [-0.4, -0.2) is 42.9 Å². The minimum atomic E-state index is -0.310. The number of nitrogens with zero attached hydrogens (tertiary/aromatic N) is 2. The summed E-state index contributed by atoms with van der Waals surface area (Å²) >= 11 is 1.38. The molecule has 0 fully saturated rings. The van der Waals surface area contributed by atoms with Gasteiger partial charge in [0, 0.05) is 36.3 Å². The first-order chi connectivity index (χ1) is 14.9. The van der Waals surface area contributed by atoms with E-state index in [0.717, 1.165) is 27.4 Å². The summed E-state index contributed by atoms with van der Waals surface area (Å²) in [6, 6.07) is 11.6. The smallest absolute Gasteiger partial charge is 0.261 e. The van der Waals surface area contributed by atoms with Crippen molar-refractivity contribution in [1.82, 2.24) is 10.3 Å². The molecule has 3 N–H and O–H groups in total. The average molecular weight is 439 g/mol. The van der Waals surface area contributed by atoms with Gasteiger partial charge < -0.3 is 16.0 Å². The Morgan fingerprint density at radius 3 is 2.94 bits per heavy atom. The number of fused-ring (bicyclic) bond motifs is 1. The normalized spacial score (nSPS) is 14.3. The van der Waals surface area contributed by atoms with Gasteiger partial charge in [0.15, 0.2) is 5.78 Å². The Bertz CT molecular complexity index is 1130. The van der Waals surface area contributed by atoms with Gasteiger partial charge in [-0.15, -0.1) is 11.3 Å².